The molecule has 0 aliphatic carbocycles. The van der Waals surface area contributed by atoms with Gasteiger partial charge < -0.3 is 15.8 Å². The van der Waals surface area contributed by atoms with Gasteiger partial charge in [0.15, 0.2) is 5.65 Å². The average Bonchev–Trinajstić information content (AvgIpc) is 2.88. The maximum Gasteiger partial charge on any atom is 0.163 e. The lowest BCUT2D eigenvalue weighted by Gasteiger charge is -2.37. The van der Waals surface area contributed by atoms with Crippen LogP contribution in [0.2, 0.25) is 5.02 Å². The van der Waals surface area contributed by atoms with Crippen molar-refractivity contribution >= 4 is 65.7 Å². The molecule has 1 aromatic carbocycles. The quantitative estimate of drug-likeness (QED) is 0.512. The Labute approximate surface area is 221 Å². The Hall–Kier alpha value is -2.06. The van der Waals surface area contributed by atoms with Gasteiger partial charge in [-0.05, 0) is 25.0 Å². The third-order valence-electron chi connectivity index (χ3n) is 6.11. The van der Waals surface area contributed by atoms with Gasteiger partial charge in [-0.15, -0.1) is 37.2 Å². The summed E-state index contributed by atoms with van der Waals surface area (Å²) in [5.74, 6) is 1.20. The van der Waals surface area contributed by atoms with E-state index >= 15 is 0 Å². The number of hydrogen-bond donors (Lipinski definition) is 2. The lowest BCUT2D eigenvalue weighted by Crippen LogP contribution is -2.57. The predicted octanol–water partition coefficient (Wildman–Crippen LogP) is 2.92. The van der Waals surface area contributed by atoms with Crippen LogP contribution in [-0.2, 0) is 19.5 Å². The first kappa shape index (κ1) is 28.2. The highest BCUT2D eigenvalue weighted by atomic mass is 35.5. The van der Waals surface area contributed by atoms with E-state index in [2.05, 4.69) is 31.4 Å². The molecular weight excluding hydrogens is 522 g/mol. The SMILES string of the molecule is Cc1nn(CCc2cc(Cl)c(C#N)c3c2OCCN(C2CNC2)C3)c2ncnc(N)c12.Cl.Cl.Cl. The number of nitriles is 1. The van der Waals surface area contributed by atoms with Gasteiger partial charge in [-0.1, -0.05) is 11.6 Å². The van der Waals surface area contributed by atoms with Crippen molar-refractivity contribution in [3.63, 3.8) is 0 Å². The zero-order chi connectivity index (χ0) is 21.5. The number of halogens is 4. The van der Waals surface area contributed by atoms with Crippen molar-refractivity contribution in [1.29, 1.82) is 5.26 Å². The molecule has 2 aromatic heterocycles. The standard InChI is InChI=1S/C21H23ClN8O.3ClH/c1-12-18-20(24)26-11-27-21(18)30(28-12)3-2-13-6-17(22)15(7-23)16-10-29(14-8-25-9-14)4-5-31-19(13)16;;;/h6,11,14,25H,2-5,8-10H2,1H3,(H2,24,26,27);3*1H. The maximum absolute atomic E-state index is 9.75. The molecule has 2 aliphatic heterocycles. The zero-order valence-corrected chi connectivity index (χ0v) is 21.7. The molecule has 4 heterocycles. The molecule has 0 saturated carbocycles. The van der Waals surface area contributed by atoms with Crippen LogP contribution >= 0.6 is 48.8 Å². The summed E-state index contributed by atoms with van der Waals surface area (Å²) in [6.45, 7) is 6.46. The van der Waals surface area contributed by atoms with E-state index in [1.165, 1.54) is 6.33 Å². The van der Waals surface area contributed by atoms with E-state index in [1.54, 1.807) is 0 Å². The molecule has 9 nitrogen and oxygen atoms in total. The number of fused-ring (bicyclic) bond motifs is 2. The van der Waals surface area contributed by atoms with Gasteiger partial charge >= 0.3 is 0 Å². The summed E-state index contributed by atoms with van der Waals surface area (Å²) >= 11 is 6.53. The van der Waals surface area contributed by atoms with Gasteiger partial charge in [0.2, 0.25) is 0 Å². The summed E-state index contributed by atoms with van der Waals surface area (Å²) in [5.41, 5.74) is 9.86. The summed E-state index contributed by atoms with van der Waals surface area (Å²) in [7, 11) is 0. The summed E-state index contributed by atoms with van der Waals surface area (Å²) in [6, 6.07) is 4.59. The van der Waals surface area contributed by atoms with Gasteiger partial charge in [-0.25, -0.2) is 14.6 Å². The van der Waals surface area contributed by atoms with Crippen molar-refractivity contribution in [3.05, 3.63) is 39.8 Å². The minimum Gasteiger partial charge on any atom is -0.492 e. The van der Waals surface area contributed by atoms with Crippen LogP contribution < -0.4 is 15.8 Å². The normalized spacial score (nSPS) is 15.4. The number of anilines is 1. The molecule has 184 valence electrons. The highest BCUT2D eigenvalue weighted by Gasteiger charge is 2.30. The minimum absolute atomic E-state index is 0. The van der Waals surface area contributed by atoms with Crippen LogP contribution in [0, 0.1) is 18.3 Å². The Morgan fingerprint density at radius 1 is 1.29 bits per heavy atom. The average molecular weight is 548 g/mol. The van der Waals surface area contributed by atoms with Crippen LogP contribution in [-0.4, -0.2) is 56.9 Å². The van der Waals surface area contributed by atoms with Gasteiger partial charge in [-0.2, -0.15) is 10.4 Å². The molecule has 3 aromatic rings. The minimum atomic E-state index is 0. The second-order valence-corrected chi connectivity index (χ2v) is 8.37. The number of aromatic nitrogens is 4. The number of aryl methyl sites for hydroxylation is 3. The number of nitrogens with one attached hydrogen (secondary N) is 1. The van der Waals surface area contributed by atoms with Crippen LogP contribution in [0.5, 0.6) is 5.75 Å². The van der Waals surface area contributed by atoms with Crippen LogP contribution in [0.4, 0.5) is 5.82 Å². The summed E-state index contributed by atoms with van der Waals surface area (Å²) in [6.07, 6.45) is 2.09. The number of nitrogens with two attached hydrogens (primary N) is 1. The number of benzene rings is 1. The topological polar surface area (TPSA) is 118 Å². The Morgan fingerprint density at radius 2 is 2.06 bits per heavy atom. The van der Waals surface area contributed by atoms with Crippen molar-refractivity contribution in [2.75, 3.05) is 32.0 Å². The van der Waals surface area contributed by atoms with Gasteiger partial charge in [-0.3, -0.25) is 4.90 Å². The number of hydrogen-bond acceptors (Lipinski definition) is 8. The molecule has 2 aliphatic rings. The first-order valence-corrected chi connectivity index (χ1v) is 10.7. The largest absolute Gasteiger partial charge is 0.492 e. The highest BCUT2D eigenvalue weighted by Crippen LogP contribution is 2.36. The van der Waals surface area contributed by atoms with E-state index in [-0.39, 0.29) is 37.2 Å². The number of ether oxygens (including phenoxy) is 1. The molecule has 0 spiro atoms. The van der Waals surface area contributed by atoms with E-state index in [1.807, 2.05) is 17.7 Å². The smallest absolute Gasteiger partial charge is 0.163 e. The van der Waals surface area contributed by atoms with E-state index in [0.717, 1.165) is 47.6 Å². The molecule has 34 heavy (non-hydrogen) atoms. The van der Waals surface area contributed by atoms with E-state index < -0.39 is 0 Å². The van der Waals surface area contributed by atoms with Crippen molar-refractivity contribution in [2.45, 2.75) is 32.5 Å². The van der Waals surface area contributed by atoms with E-state index in [9.17, 15) is 5.26 Å². The molecule has 0 radical (unpaired) electrons. The molecule has 1 saturated heterocycles. The molecule has 0 atom stereocenters. The molecule has 5 rings (SSSR count). The van der Waals surface area contributed by atoms with E-state index in [4.69, 9.17) is 22.1 Å². The molecular formula is C21H26Cl4N8O. The molecule has 0 amide bonds. The summed E-state index contributed by atoms with van der Waals surface area (Å²) < 4.78 is 8.02. The molecule has 0 bridgehead atoms. The third-order valence-corrected chi connectivity index (χ3v) is 6.41. The predicted molar refractivity (Wildman–Crippen MR) is 139 cm³/mol. The molecule has 0 unspecified atom stereocenters. The first-order chi connectivity index (χ1) is 15.1. The first-order valence-electron chi connectivity index (χ1n) is 10.3. The second kappa shape index (κ2) is 11.6. The van der Waals surface area contributed by atoms with Gasteiger partial charge in [0.05, 0.1) is 21.7 Å². The number of nitrogens with zero attached hydrogens (tertiary/aromatic N) is 6. The number of rotatable bonds is 4. The van der Waals surface area contributed by atoms with Crippen LogP contribution in [0.3, 0.4) is 0 Å². The highest BCUT2D eigenvalue weighted by molar-refractivity contribution is 6.32. The van der Waals surface area contributed by atoms with Crippen LogP contribution in [0.1, 0.15) is 22.4 Å². The van der Waals surface area contributed by atoms with Crippen molar-refractivity contribution in [1.82, 2.24) is 30.0 Å². The van der Waals surface area contributed by atoms with Crippen LogP contribution in [0.15, 0.2) is 12.4 Å². The fourth-order valence-electron chi connectivity index (χ4n) is 4.36. The fourth-order valence-corrected chi connectivity index (χ4v) is 4.65. The van der Waals surface area contributed by atoms with Crippen molar-refractivity contribution < 1.29 is 4.74 Å². The molecule has 1 fully saturated rings. The van der Waals surface area contributed by atoms with Crippen molar-refractivity contribution in [3.8, 4) is 11.8 Å². The second-order valence-electron chi connectivity index (χ2n) is 7.96. The van der Waals surface area contributed by atoms with E-state index in [0.29, 0.717) is 54.2 Å². The lowest BCUT2D eigenvalue weighted by molar-refractivity contribution is 0.127. The maximum atomic E-state index is 9.75. The van der Waals surface area contributed by atoms with Crippen molar-refractivity contribution in [2.24, 2.45) is 0 Å². The third kappa shape index (κ3) is 4.98. The van der Waals surface area contributed by atoms with Gasteiger partial charge in [0.25, 0.3) is 0 Å². The molecule has 13 heteroatoms. The summed E-state index contributed by atoms with van der Waals surface area (Å²) in [5, 5.41) is 18.9. The Kier molecular flexibility index (Phi) is 9.60. The summed E-state index contributed by atoms with van der Waals surface area (Å²) in [4.78, 5) is 10.8. The fraction of sp³-hybridized carbons (Fsp3) is 0.429. The van der Waals surface area contributed by atoms with Gasteiger partial charge in [0, 0.05) is 44.3 Å². The molecule has 3 N–H and O–H groups in total. The number of nitrogen functional groups attached to an aromatic ring is 1. The van der Waals surface area contributed by atoms with Gasteiger partial charge in [0.1, 0.15) is 30.6 Å². The Morgan fingerprint density at radius 3 is 2.74 bits per heavy atom. The zero-order valence-electron chi connectivity index (χ0n) is 18.5. The Balaban J connectivity index is 0.00000136. The van der Waals surface area contributed by atoms with Crippen LogP contribution in [0.25, 0.3) is 11.0 Å². The lowest BCUT2D eigenvalue weighted by atomic mass is 9.99. The Bertz CT molecular complexity index is 1210. The monoisotopic (exact) mass is 546 g/mol.